The van der Waals surface area contributed by atoms with Gasteiger partial charge in [-0.2, -0.15) is 0 Å². The molecule has 6 nitrogen and oxygen atoms in total. The van der Waals surface area contributed by atoms with Crippen molar-refractivity contribution in [1.82, 2.24) is 5.32 Å². The molecule has 0 aliphatic rings. The van der Waals surface area contributed by atoms with E-state index in [9.17, 15) is 9.59 Å². The van der Waals surface area contributed by atoms with Crippen molar-refractivity contribution in [3.05, 3.63) is 137 Å². The van der Waals surface area contributed by atoms with Gasteiger partial charge in [0, 0.05) is 5.56 Å². The summed E-state index contributed by atoms with van der Waals surface area (Å²) in [4.78, 5) is 24.1. The lowest BCUT2D eigenvalue weighted by Gasteiger charge is -2.14. The summed E-state index contributed by atoms with van der Waals surface area (Å²) in [6.45, 7) is 0.794. The molecule has 0 radical (unpaired) electrons. The van der Waals surface area contributed by atoms with Gasteiger partial charge in [-0.15, -0.1) is 0 Å². The van der Waals surface area contributed by atoms with Crippen LogP contribution >= 0.6 is 0 Å². The summed E-state index contributed by atoms with van der Waals surface area (Å²) in [7, 11) is 0. The molecule has 0 saturated carbocycles. The zero-order chi connectivity index (χ0) is 25.7. The summed E-state index contributed by atoms with van der Waals surface area (Å²) in [5.74, 6) is 0.447. The SMILES string of the molecule is O=CN/C(=C\c1cc(OCc2ccccc2)ccc1OCc1ccccc1)C(=O)OCc1ccccc1. The molecular formula is C31H27NO5. The van der Waals surface area contributed by atoms with Gasteiger partial charge in [0.25, 0.3) is 0 Å². The van der Waals surface area contributed by atoms with Gasteiger partial charge in [-0.25, -0.2) is 4.79 Å². The summed E-state index contributed by atoms with van der Waals surface area (Å²) in [6.07, 6.45) is 1.97. The Balaban J connectivity index is 1.57. The highest BCUT2D eigenvalue weighted by molar-refractivity contribution is 5.95. The molecule has 0 heterocycles. The Labute approximate surface area is 216 Å². The van der Waals surface area contributed by atoms with Crippen LogP contribution < -0.4 is 14.8 Å². The monoisotopic (exact) mass is 493 g/mol. The van der Waals surface area contributed by atoms with Crippen LogP contribution in [0.15, 0.2) is 115 Å². The zero-order valence-corrected chi connectivity index (χ0v) is 20.2. The maximum Gasteiger partial charge on any atom is 0.355 e. The molecule has 4 aromatic carbocycles. The van der Waals surface area contributed by atoms with Gasteiger partial charge < -0.3 is 19.5 Å². The third-order valence-electron chi connectivity index (χ3n) is 5.41. The van der Waals surface area contributed by atoms with Gasteiger partial charge in [-0.3, -0.25) is 4.79 Å². The standard InChI is InChI=1S/C31H27NO5/c33-23-32-29(31(34)37-22-26-14-8-3-9-15-26)19-27-18-28(35-20-24-10-4-1-5-11-24)16-17-30(27)36-21-25-12-6-2-7-13-25/h1-19,23H,20-22H2,(H,32,33)/b29-19-. The molecule has 1 N–H and O–H groups in total. The molecule has 0 bridgehead atoms. The van der Waals surface area contributed by atoms with E-state index in [1.54, 1.807) is 18.2 Å². The number of hydrogen-bond donors (Lipinski definition) is 1. The van der Waals surface area contributed by atoms with Crippen molar-refractivity contribution in [2.75, 3.05) is 0 Å². The van der Waals surface area contributed by atoms with Gasteiger partial charge in [-0.1, -0.05) is 91.0 Å². The fraction of sp³-hybridized carbons (Fsp3) is 0.0968. The van der Waals surface area contributed by atoms with E-state index in [0.29, 0.717) is 36.7 Å². The van der Waals surface area contributed by atoms with Gasteiger partial charge in [0.1, 0.15) is 37.0 Å². The van der Waals surface area contributed by atoms with Crippen molar-refractivity contribution in [2.45, 2.75) is 19.8 Å². The van der Waals surface area contributed by atoms with Crippen LogP contribution in [0.4, 0.5) is 0 Å². The van der Waals surface area contributed by atoms with Crippen LogP contribution in [0.1, 0.15) is 22.3 Å². The lowest BCUT2D eigenvalue weighted by molar-refractivity contribution is -0.141. The maximum absolute atomic E-state index is 12.8. The fourth-order valence-electron chi connectivity index (χ4n) is 3.52. The van der Waals surface area contributed by atoms with Gasteiger partial charge in [0.2, 0.25) is 6.41 Å². The fourth-order valence-corrected chi connectivity index (χ4v) is 3.52. The molecule has 37 heavy (non-hydrogen) atoms. The summed E-state index contributed by atoms with van der Waals surface area (Å²) >= 11 is 0. The first-order chi connectivity index (χ1) is 18.2. The summed E-state index contributed by atoms with van der Waals surface area (Å²) < 4.78 is 17.4. The normalized spacial score (nSPS) is 10.9. The van der Waals surface area contributed by atoms with Gasteiger partial charge in [-0.05, 0) is 41.0 Å². The average Bonchev–Trinajstić information content (AvgIpc) is 2.95. The van der Waals surface area contributed by atoms with E-state index < -0.39 is 5.97 Å². The lowest BCUT2D eigenvalue weighted by Crippen LogP contribution is -2.21. The average molecular weight is 494 g/mol. The number of carbonyl (C=O) groups excluding carboxylic acids is 2. The molecule has 6 heteroatoms. The van der Waals surface area contributed by atoms with E-state index in [1.165, 1.54) is 6.08 Å². The quantitative estimate of drug-likeness (QED) is 0.156. The zero-order valence-electron chi connectivity index (χ0n) is 20.2. The van der Waals surface area contributed by atoms with Crippen LogP contribution in [0.5, 0.6) is 11.5 Å². The third kappa shape index (κ3) is 7.83. The minimum Gasteiger partial charge on any atom is -0.489 e. The van der Waals surface area contributed by atoms with E-state index in [1.807, 2.05) is 91.0 Å². The largest absolute Gasteiger partial charge is 0.489 e. The van der Waals surface area contributed by atoms with Gasteiger partial charge >= 0.3 is 5.97 Å². The first kappa shape index (κ1) is 25.3. The first-order valence-corrected chi connectivity index (χ1v) is 11.8. The molecule has 1 amide bonds. The number of rotatable bonds is 12. The Morgan fingerprint density at radius 3 is 1.78 bits per heavy atom. The van der Waals surface area contributed by atoms with Crippen LogP contribution in [-0.2, 0) is 34.1 Å². The van der Waals surface area contributed by atoms with E-state index in [0.717, 1.165) is 16.7 Å². The van der Waals surface area contributed by atoms with Crippen LogP contribution in [0.3, 0.4) is 0 Å². The predicted octanol–water partition coefficient (Wildman–Crippen LogP) is 5.67. The molecular weight excluding hydrogens is 466 g/mol. The summed E-state index contributed by atoms with van der Waals surface area (Å²) in [5, 5.41) is 2.46. The van der Waals surface area contributed by atoms with Crippen LogP contribution in [0, 0.1) is 0 Å². The minimum absolute atomic E-state index is 0.0179. The number of benzene rings is 4. The number of hydrogen-bond acceptors (Lipinski definition) is 5. The topological polar surface area (TPSA) is 73.9 Å². The van der Waals surface area contributed by atoms with Gasteiger partial charge in [0.15, 0.2) is 0 Å². The number of esters is 1. The summed E-state index contributed by atoms with van der Waals surface area (Å²) in [6, 6.07) is 34.2. The smallest absolute Gasteiger partial charge is 0.355 e. The minimum atomic E-state index is -0.666. The molecule has 186 valence electrons. The number of nitrogens with one attached hydrogen (secondary N) is 1. The van der Waals surface area contributed by atoms with Crippen molar-refractivity contribution >= 4 is 18.5 Å². The predicted molar refractivity (Wildman–Crippen MR) is 141 cm³/mol. The Morgan fingerprint density at radius 2 is 1.22 bits per heavy atom. The molecule has 0 saturated heterocycles. The Kier molecular flexibility index (Phi) is 9.08. The van der Waals surface area contributed by atoms with Crippen LogP contribution in [0.2, 0.25) is 0 Å². The second kappa shape index (κ2) is 13.3. The summed E-state index contributed by atoms with van der Waals surface area (Å²) in [5.41, 5.74) is 3.40. The van der Waals surface area contributed by atoms with Crippen LogP contribution in [0.25, 0.3) is 6.08 Å². The number of carbonyl (C=O) groups is 2. The van der Waals surface area contributed by atoms with Crippen molar-refractivity contribution in [2.24, 2.45) is 0 Å². The van der Waals surface area contributed by atoms with E-state index in [2.05, 4.69) is 5.32 Å². The van der Waals surface area contributed by atoms with Gasteiger partial charge in [0.05, 0.1) is 0 Å². The molecule has 0 atom stereocenters. The molecule has 0 spiro atoms. The van der Waals surface area contributed by atoms with E-state index >= 15 is 0 Å². The molecule has 0 aromatic heterocycles. The Morgan fingerprint density at radius 1 is 0.676 bits per heavy atom. The number of amides is 1. The van der Waals surface area contributed by atoms with Crippen LogP contribution in [-0.4, -0.2) is 12.4 Å². The Bertz CT molecular complexity index is 1320. The maximum atomic E-state index is 12.8. The lowest BCUT2D eigenvalue weighted by atomic mass is 10.1. The van der Waals surface area contributed by atoms with E-state index in [-0.39, 0.29) is 12.3 Å². The van der Waals surface area contributed by atoms with Crippen molar-refractivity contribution < 1.29 is 23.8 Å². The molecule has 4 rings (SSSR count). The molecule has 0 fully saturated rings. The third-order valence-corrected chi connectivity index (χ3v) is 5.41. The van der Waals surface area contributed by atoms with Crippen molar-refractivity contribution in [1.29, 1.82) is 0 Å². The second-order valence-electron chi connectivity index (χ2n) is 8.13. The number of ether oxygens (including phenoxy) is 3. The van der Waals surface area contributed by atoms with Crippen molar-refractivity contribution in [3.8, 4) is 11.5 Å². The molecule has 0 aliphatic carbocycles. The molecule has 0 unspecified atom stereocenters. The van der Waals surface area contributed by atoms with Crippen molar-refractivity contribution in [3.63, 3.8) is 0 Å². The van der Waals surface area contributed by atoms with E-state index in [4.69, 9.17) is 14.2 Å². The highest BCUT2D eigenvalue weighted by Gasteiger charge is 2.14. The first-order valence-electron chi connectivity index (χ1n) is 11.8. The highest BCUT2D eigenvalue weighted by Crippen LogP contribution is 2.28. The molecule has 4 aromatic rings. The molecule has 0 aliphatic heterocycles. The second-order valence-corrected chi connectivity index (χ2v) is 8.13. The Hall–Kier alpha value is -4.84. The highest BCUT2D eigenvalue weighted by atomic mass is 16.5.